The van der Waals surface area contributed by atoms with Crippen LogP contribution in [0.25, 0.3) is 11.0 Å². The first-order valence-electron chi connectivity index (χ1n) is 7.38. The molecule has 0 fully saturated rings. The van der Waals surface area contributed by atoms with Gasteiger partial charge >= 0.3 is 6.18 Å². The van der Waals surface area contributed by atoms with Crippen molar-refractivity contribution in [2.24, 2.45) is 0 Å². The van der Waals surface area contributed by atoms with Crippen LogP contribution in [0.2, 0.25) is 0 Å². The summed E-state index contributed by atoms with van der Waals surface area (Å²) in [6.45, 7) is 0. The molecule has 24 heavy (non-hydrogen) atoms. The standard InChI is InChI=1S/C17H11BrF4N2/c18-11-7-15-13(8-12(11)19)23-16-6-5-14(24(15)16)9-3-1-2-4-10(9)17(20,21)22/h1-4,7-8,14H,5-6H2/t14-/m1/s1. The molecule has 7 heteroatoms. The molecular formula is C17H11BrF4N2. The van der Waals surface area contributed by atoms with E-state index in [-0.39, 0.29) is 10.0 Å². The molecule has 3 aromatic rings. The number of rotatable bonds is 1. The van der Waals surface area contributed by atoms with Crippen LogP contribution in [0.5, 0.6) is 0 Å². The maximum Gasteiger partial charge on any atom is 0.416 e. The van der Waals surface area contributed by atoms with Crippen LogP contribution >= 0.6 is 15.9 Å². The van der Waals surface area contributed by atoms with Crippen LogP contribution in [-0.2, 0) is 12.6 Å². The highest BCUT2D eigenvalue weighted by Crippen LogP contribution is 2.42. The number of alkyl halides is 3. The number of halogens is 5. The summed E-state index contributed by atoms with van der Waals surface area (Å²) in [5.74, 6) is 0.246. The minimum absolute atomic E-state index is 0.225. The number of imidazole rings is 1. The van der Waals surface area contributed by atoms with Gasteiger partial charge in [0.05, 0.1) is 27.1 Å². The Morgan fingerprint density at radius 3 is 2.67 bits per heavy atom. The first-order valence-corrected chi connectivity index (χ1v) is 8.17. The predicted octanol–water partition coefficient (Wildman–Crippen LogP) is 5.49. The summed E-state index contributed by atoms with van der Waals surface area (Å²) in [6, 6.07) is 8.03. The van der Waals surface area contributed by atoms with Crippen molar-refractivity contribution < 1.29 is 17.6 Å². The smallest absolute Gasteiger partial charge is 0.320 e. The second kappa shape index (κ2) is 5.31. The lowest BCUT2D eigenvalue weighted by molar-refractivity contribution is -0.138. The molecule has 0 bridgehead atoms. The lowest BCUT2D eigenvalue weighted by Crippen LogP contribution is -2.14. The fourth-order valence-corrected chi connectivity index (χ4v) is 3.73. The molecule has 0 saturated carbocycles. The molecule has 0 aliphatic carbocycles. The number of benzene rings is 2. The lowest BCUT2D eigenvalue weighted by atomic mass is 9.98. The summed E-state index contributed by atoms with van der Waals surface area (Å²) < 4.78 is 55.8. The topological polar surface area (TPSA) is 17.8 Å². The Morgan fingerprint density at radius 2 is 1.92 bits per heavy atom. The van der Waals surface area contributed by atoms with Crippen LogP contribution < -0.4 is 0 Å². The Kier molecular flexibility index (Phi) is 3.46. The fraction of sp³-hybridized carbons (Fsp3) is 0.235. The number of aromatic nitrogens is 2. The molecule has 124 valence electrons. The maximum absolute atomic E-state index is 13.7. The second-order valence-corrected chi connectivity index (χ2v) is 6.65. The number of nitrogens with zero attached hydrogens (tertiary/aromatic N) is 2. The van der Waals surface area contributed by atoms with Crippen molar-refractivity contribution >= 4 is 27.0 Å². The van der Waals surface area contributed by atoms with E-state index < -0.39 is 23.6 Å². The first kappa shape index (κ1) is 15.6. The van der Waals surface area contributed by atoms with E-state index in [0.29, 0.717) is 29.7 Å². The van der Waals surface area contributed by atoms with Gasteiger partial charge in [-0.1, -0.05) is 18.2 Å². The third-order valence-corrected chi connectivity index (χ3v) is 4.99. The summed E-state index contributed by atoms with van der Waals surface area (Å²) in [6.07, 6.45) is -3.31. The third kappa shape index (κ3) is 2.33. The first-order chi connectivity index (χ1) is 11.4. The highest BCUT2D eigenvalue weighted by molar-refractivity contribution is 9.10. The molecule has 2 heterocycles. The van der Waals surface area contributed by atoms with Crippen LogP contribution in [0.1, 0.15) is 29.4 Å². The van der Waals surface area contributed by atoms with Gasteiger partial charge in [0.15, 0.2) is 0 Å². The van der Waals surface area contributed by atoms with Crippen LogP contribution in [0.3, 0.4) is 0 Å². The van der Waals surface area contributed by atoms with Gasteiger partial charge in [-0.2, -0.15) is 13.2 Å². The predicted molar refractivity (Wildman–Crippen MR) is 85.3 cm³/mol. The summed E-state index contributed by atoms with van der Waals surface area (Å²) >= 11 is 3.14. The van der Waals surface area contributed by atoms with Crippen molar-refractivity contribution in [3.8, 4) is 0 Å². The third-order valence-electron chi connectivity index (χ3n) is 4.38. The van der Waals surface area contributed by atoms with Crippen molar-refractivity contribution in [3.05, 3.63) is 63.6 Å². The SMILES string of the molecule is Fc1cc2nc3n(c2cc1Br)[C@@H](c1ccccc1C(F)(F)F)CC3. The molecule has 0 radical (unpaired) electrons. The molecule has 1 aromatic heterocycles. The van der Waals surface area contributed by atoms with Gasteiger partial charge in [0, 0.05) is 12.5 Å². The quantitative estimate of drug-likeness (QED) is 0.495. The Labute approximate surface area is 143 Å². The van der Waals surface area contributed by atoms with E-state index in [1.54, 1.807) is 16.7 Å². The molecule has 2 aromatic carbocycles. The number of fused-ring (bicyclic) bond motifs is 3. The van der Waals surface area contributed by atoms with E-state index in [0.717, 1.165) is 6.07 Å². The Hall–Kier alpha value is -1.89. The van der Waals surface area contributed by atoms with E-state index >= 15 is 0 Å². The molecule has 0 unspecified atom stereocenters. The molecule has 1 aliphatic rings. The van der Waals surface area contributed by atoms with Crippen molar-refractivity contribution in [1.82, 2.24) is 9.55 Å². The number of hydrogen-bond acceptors (Lipinski definition) is 1. The maximum atomic E-state index is 13.7. The molecule has 4 rings (SSSR count). The summed E-state index contributed by atoms with van der Waals surface area (Å²) in [7, 11) is 0. The Balaban J connectivity index is 1.93. The monoisotopic (exact) mass is 398 g/mol. The van der Waals surface area contributed by atoms with E-state index in [9.17, 15) is 17.6 Å². The minimum atomic E-state index is -4.41. The van der Waals surface area contributed by atoms with E-state index in [2.05, 4.69) is 20.9 Å². The highest BCUT2D eigenvalue weighted by Gasteiger charge is 2.37. The van der Waals surface area contributed by atoms with E-state index in [1.165, 1.54) is 18.2 Å². The molecular weight excluding hydrogens is 388 g/mol. The molecule has 0 amide bonds. The van der Waals surface area contributed by atoms with Gasteiger partial charge in [-0.25, -0.2) is 9.37 Å². The average molecular weight is 399 g/mol. The van der Waals surface area contributed by atoms with Crippen molar-refractivity contribution in [1.29, 1.82) is 0 Å². The number of hydrogen-bond donors (Lipinski definition) is 0. The van der Waals surface area contributed by atoms with E-state index in [1.807, 2.05) is 0 Å². The Bertz CT molecular complexity index is 946. The van der Waals surface area contributed by atoms with Crippen LogP contribution in [-0.4, -0.2) is 9.55 Å². The van der Waals surface area contributed by atoms with Crippen LogP contribution in [0, 0.1) is 5.82 Å². The minimum Gasteiger partial charge on any atom is -0.320 e. The van der Waals surface area contributed by atoms with Gasteiger partial charge in [-0.3, -0.25) is 0 Å². The van der Waals surface area contributed by atoms with Gasteiger partial charge in [0.2, 0.25) is 0 Å². The molecule has 2 nitrogen and oxygen atoms in total. The molecule has 1 aliphatic heterocycles. The Morgan fingerprint density at radius 1 is 1.17 bits per heavy atom. The molecule has 0 N–H and O–H groups in total. The van der Waals surface area contributed by atoms with Crippen LogP contribution in [0.15, 0.2) is 40.9 Å². The van der Waals surface area contributed by atoms with Crippen molar-refractivity contribution in [2.75, 3.05) is 0 Å². The summed E-state index contributed by atoms with van der Waals surface area (Å²) in [5, 5.41) is 0. The molecule has 1 atom stereocenters. The van der Waals surface area contributed by atoms with Gasteiger partial charge in [0.1, 0.15) is 11.6 Å². The van der Waals surface area contributed by atoms with Gasteiger partial charge in [0.25, 0.3) is 0 Å². The largest absolute Gasteiger partial charge is 0.416 e. The van der Waals surface area contributed by atoms with Gasteiger partial charge in [-0.05, 0) is 40.0 Å². The molecule has 0 saturated heterocycles. The zero-order valence-corrected chi connectivity index (χ0v) is 13.8. The zero-order valence-electron chi connectivity index (χ0n) is 12.2. The van der Waals surface area contributed by atoms with E-state index in [4.69, 9.17) is 0 Å². The summed E-state index contributed by atoms with van der Waals surface area (Å²) in [4.78, 5) is 4.38. The highest BCUT2D eigenvalue weighted by atomic mass is 79.9. The summed E-state index contributed by atoms with van der Waals surface area (Å²) in [5.41, 5.74) is 0.687. The fourth-order valence-electron chi connectivity index (χ4n) is 3.40. The van der Waals surface area contributed by atoms with Crippen molar-refractivity contribution in [3.63, 3.8) is 0 Å². The van der Waals surface area contributed by atoms with Crippen LogP contribution in [0.4, 0.5) is 17.6 Å². The lowest BCUT2D eigenvalue weighted by Gasteiger charge is -2.20. The number of aryl methyl sites for hydroxylation is 1. The molecule has 0 spiro atoms. The average Bonchev–Trinajstić information content (AvgIpc) is 3.07. The zero-order chi connectivity index (χ0) is 17.1. The second-order valence-electron chi connectivity index (χ2n) is 5.79. The van der Waals surface area contributed by atoms with Gasteiger partial charge in [-0.15, -0.1) is 0 Å². The van der Waals surface area contributed by atoms with Crippen molar-refractivity contribution in [2.45, 2.75) is 25.1 Å². The van der Waals surface area contributed by atoms with Gasteiger partial charge < -0.3 is 4.57 Å². The normalized spacial score (nSPS) is 17.5.